The number of nitrogens with zero attached hydrogens (tertiary/aromatic N) is 1. The Kier molecular flexibility index (Phi) is 1.73. The first-order valence-corrected chi connectivity index (χ1v) is 5.34. The van der Waals surface area contributed by atoms with E-state index >= 15 is 0 Å². The molecule has 1 aromatic heterocycles. The van der Waals surface area contributed by atoms with Crippen LogP contribution in [0.5, 0.6) is 0 Å². The van der Waals surface area contributed by atoms with Gasteiger partial charge in [0, 0.05) is 10.9 Å². The van der Waals surface area contributed by atoms with Crippen LogP contribution in [0.4, 0.5) is 0 Å². The predicted molar refractivity (Wildman–Crippen MR) is 60.0 cm³/mol. The lowest BCUT2D eigenvalue weighted by molar-refractivity contribution is 0.604. The molecular weight excluding hydrogens is 265 g/mol. The molecule has 1 aliphatic heterocycles. The van der Waals surface area contributed by atoms with Gasteiger partial charge in [-0.1, -0.05) is 23.7 Å². The molecule has 0 saturated heterocycles. The molecule has 4 heteroatoms. The molecule has 3 rings (SSSR count). The molecule has 0 fully saturated rings. The van der Waals surface area contributed by atoms with E-state index in [9.17, 15) is 0 Å². The second kappa shape index (κ2) is 2.84. The van der Waals surface area contributed by atoms with E-state index < -0.39 is 0 Å². The fraction of sp³-hybridized carbons (Fsp3) is 0.100. The van der Waals surface area contributed by atoms with Crippen LogP contribution in [0.1, 0.15) is 11.3 Å². The van der Waals surface area contributed by atoms with E-state index in [0.29, 0.717) is 17.5 Å². The molecule has 1 aromatic carbocycles. The molecule has 0 radical (unpaired) electrons. The van der Waals surface area contributed by atoms with Gasteiger partial charge < -0.3 is 4.42 Å². The van der Waals surface area contributed by atoms with E-state index in [1.807, 2.05) is 18.2 Å². The number of hydrogen-bond donors (Lipinski definition) is 0. The molecule has 0 amide bonds. The van der Waals surface area contributed by atoms with Crippen LogP contribution >= 0.6 is 27.5 Å². The van der Waals surface area contributed by atoms with Crippen LogP contribution in [0.3, 0.4) is 0 Å². The maximum absolute atomic E-state index is 5.91. The lowest BCUT2D eigenvalue weighted by Gasteiger charge is -1.92. The highest BCUT2D eigenvalue weighted by Crippen LogP contribution is 2.35. The lowest BCUT2D eigenvalue weighted by atomic mass is 10.1. The fourth-order valence-electron chi connectivity index (χ4n) is 1.68. The van der Waals surface area contributed by atoms with Crippen molar-refractivity contribution in [2.75, 3.05) is 0 Å². The molecular formula is C10H5BrClNO. The molecule has 1 aliphatic rings. The Morgan fingerprint density at radius 2 is 2.29 bits per heavy atom. The monoisotopic (exact) mass is 269 g/mol. The highest BCUT2D eigenvalue weighted by molar-refractivity contribution is 9.10. The minimum Gasteiger partial charge on any atom is -0.452 e. The van der Waals surface area contributed by atoms with Crippen LogP contribution in [0.2, 0.25) is 0 Å². The van der Waals surface area contributed by atoms with Gasteiger partial charge in [0.1, 0.15) is 5.58 Å². The normalized spacial score (nSPS) is 14.6. The van der Waals surface area contributed by atoms with Crippen LogP contribution in [0.15, 0.2) is 32.1 Å². The Morgan fingerprint density at radius 3 is 3.14 bits per heavy atom. The van der Waals surface area contributed by atoms with Gasteiger partial charge in [0.2, 0.25) is 0 Å². The van der Waals surface area contributed by atoms with Crippen molar-refractivity contribution in [1.82, 2.24) is 0 Å². The van der Waals surface area contributed by atoms with Gasteiger partial charge in [-0.05, 0) is 22.0 Å². The van der Waals surface area contributed by atoms with Gasteiger partial charge in [0.05, 0.1) is 11.0 Å². The Bertz CT molecular complexity index is 558. The summed E-state index contributed by atoms with van der Waals surface area (Å²) in [6, 6.07) is 5.95. The number of aliphatic imine (C=N–C) groups is 1. The first-order chi connectivity index (χ1) is 6.77. The van der Waals surface area contributed by atoms with Crippen LogP contribution in [-0.2, 0) is 6.54 Å². The average Bonchev–Trinajstić information content (AvgIpc) is 2.69. The number of hydrogen-bond acceptors (Lipinski definition) is 2. The first kappa shape index (κ1) is 8.50. The summed E-state index contributed by atoms with van der Waals surface area (Å²) < 4.78 is 6.60. The number of fused-ring (bicyclic) bond motifs is 3. The first-order valence-electron chi connectivity index (χ1n) is 4.17. The second-order valence-corrected chi connectivity index (χ2v) is 4.35. The fourth-order valence-corrected chi connectivity index (χ4v) is 2.34. The Balaban J connectivity index is 2.45. The van der Waals surface area contributed by atoms with Crippen LogP contribution < -0.4 is 0 Å². The SMILES string of the molecule is ClC1=NCc2c1oc1c(Br)cccc21. The zero-order chi connectivity index (χ0) is 9.71. The third-order valence-corrected chi connectivity index (χ3v) is 3.25. The Labute approximate surface area is 93.7 Å². The van der Waals surface area contributed by atoms with Gasteiger partial charge in [0.15, 0.2) is 10.9 Å². The van der Waals surface area contributed by atoms with Gasteiger partial charge in [-0.15, -0.1) is 0 Å². The third kappa shape index (κ3) is 0.996. The van der Waals surface area contributed by atoms with Crippen molar-refractivity contribution in [3.63, 3.8) is 0 Å². The summed E-state index contributed by atoms with van der Waals surface area (Å²) >= 11 is 9.35. The highest BCUT2D eigenvalue weighted by Gasteiger charge is 2.22. The molecule has 0 bridgehead atoms. The second-order valence-electron chi connectivity index (χ2n) is 3.13. The lowest BCUT2D eigenvalue weighted by Crippen LogP contribution is -1.81. The van der Waals surface area contributed by atoms with Gasteiger partial charge in [-0.2, -0.15) is 0 Å². The van der Waals surface area contributed by atoms with E-state index in [2.05, 4.69) is 20.9 Å². The summed E-state index contributed by atoms with van der Waals surface area (Å²) in [7, 11) is 0. The van der Waals surface area contributed by atoms with E-state index in [0.717, 1.165) is 21.0 Å². The number of furan rings is 1. The summed E-state index contributed by atoms with van der Waals surface area (Å²) in [6.45, 7) is 0.623. The minimum atomic E-state index is 0.475. The maximum atomic E-state index is 5.91. The van der Waals surface area contributed by atoms with Crippen LogP contribution in [0.25, 0.3) is 11.0 Å². The van der Waals surface area contributed by atoms with Crippen molar-refractivity contribution in [2.24, 2.45) is 4.99 Å². The van der Waals surface area contributed by atoms with E-state index in [-0.39, 0.29) is 0 Å². The van der Waals surface area contributed by atoms with Gasteiger partial charge in [0.25, 0.3) is 0 Å². The topological polar surface area (TPSA) is 25.5 Å². The summed E-state index contributed by atoms with van der Waals surface area (Å²) in [5.41, 5.74) is 1.94. The summed E-state index contributed by atoms with van der Waals surface area (Å²) in [5, 5.41) is 1.57. The number of halogens is 2. The molecule has 0 atom stereocenters. The summed E-state index contributed by atoms with van der Waals surface area (Å²) in [6.07, 6.45) is 0. The van der Waals surface area contributed by atoms with E-state index in [1.54, 1.807) is 0 Å². The van der Waals surface area contributed by atoms with Gasteiger partial charge >= 0.3 is 0 Å². The van der Waals surface area contributed by atoms with Crippen LogP contribution in [-0.4, -0.2) is 5.17 Å². The van der Waals surface area contributed by atoms with E-state index in [1.165, 1.54) is 0 Å². The standard InChI is InChI=1S/C10H5BrClNO/c11-7-3-1-2-5-6-4-13-10(12)9(6)14-8(5)7/h1-3H,4H2. The summed E-state index contributed by atoms with van der Waals surface area (Å²) in [4.78, 5) is 4.12. The molecule has 0 aliphatic carbocycles. The zero-order valence-corrected chi connectivity index (χ0v) is 9.39. The average molecular weight is 271 g/mol. The van der Waals surface area contributed by atoms with Gasteiger partial charge in [-0.25, -0.2) is 0 Å². The zero-order valence-electron chi connectivity index (χ0n) is 7.05. The van der Waals surface area contributed by atoms with E-state index in [4.69, 9.17) is 16.0 Å². The van der Waals surface area contributed by atoms with Crippen molar-refractivity contribution >= 4 is 43.7 Å². The molecule has 2 heterocycles. The largest absolute Gasteiger partial charge is 0.452 e. The summed E-state index contributed by atoms with van der Waals surface area (Å²) in [5.74, 6) is 0.716. The smallest absolute Gasteiger partial charge is 0.170 e. The Hall–Kier alpha value is -0.800. The molecule has 0 spiro atoms. The van der Waals surface area contributed by atoms with Crippen molar-refractivity contribution in [1.29, 1.82) is 0 Å². The molecule has 2 nitrogen and oxygen atoms in total. The predicted octanol–water partition coefficient (Wildman–Crippen LogP) is 3.69. The molecule has 0 N–H and O–H groups in total. The third-order valence-electron chi connectivity index (χ3n) is 2.33. The number of para-hydroxylation sites is 1. The molecule has 2 aromatic rings. The number of benzene rings is 1. The minimum absolute atomic E-state index is 0.475. The molecule has 0 saturated carbocycles. The van der Waals surface area contributed by atoms with Crippen LogP contribution in [0, 0.1) is 0 Å². The van der Waals surface area contributed by atoms with Gasteiger partial charge in [-0.3, -0.25) is 4.99 Å². The highest BCUT2D eigenvalue weighted by atomic mass is 79.9. The maximum Gasteiger partial charge on any atom is 0.170 e. The Morgan fingerprint density at radius 1 is 1.43 bits per heavy atom. The van der Waals surface area contributed by atoms with Crippen molar-refractivity contribution in [2.45, 2.75) is 6.54 Å². The quantitative estimate of drug-likeness (QED) is 0.717. The molecule has 70 valence electrons. The van der Waals surface area contributed by atoms with Crippen molar-refractivity contribution in [3.05, 3.63) is 34.0 Å². The molecule has 0 unspecified atom stereocenters. The van der Waals surface area contributed by atoms with Crippen molar-refractivity contribution < 1.29 is 4.42 Å². The number of rotatable bonds is 0. The molecule has 14 heavy (non-hydrogen) atoms. The van der Waals surface area contributed by atoms with Crippen molar-refractivity contribution in [3.8, 4) is 0 Å².